The topological polar surface area (TPSA) is 46.5 Å². The SMILES string of the molecule is Cc1cccc(OCc2ccc(F)c(C=CC(=O)O)c2)c1. The van der Waals surface area contributed by atoms with E-state index in [1.54, 1.807) is 12.1 Å². The van der Waals surface area contributed by atoms with Gasteiger partial charge in [0.15, 0.2) is 0 Å². The maximum atomic E-state index is 13.6. The van der Waals surface area contributed by atoms with Crippen molar-refractivity contribution >= 4 is 12.0 Å². The molecule has 21 heavy (non-hydrogen) atoms. The highest BCUT2D eigenvalue weighted by Gasteiger charge is 2.03. The summed E-state index contributed by atoms with van der Waals surface area (Å²) in [5.41, 5.74) is 2.09. The maximum Gasteiger partial charge on any atom is 0.328 e. The third kappa shape index (κ3) is 4.45. The summed E-state index contributed by atoms with van der Waals surface area (Å²) in [7, 11) is 0. The first-order valence-electron chi connectivity index (χ1n) is 6.43. The number of rotatable bonds is 5. The molecule has 0 amide bonds. The van der Waals surface area contributed by atoms with E-state index in [9.17, 15) is 9.18 Å². The van der Waals surface area contributed by atoms with Crippen molar-refractivity contribution in [1.29, 1.82) is 0 Å². The van der Waals surface area contributed by atoms with Gasteiger partial charge in [0.1, 0.15) is 18.2 Å². The van der Waals surface area contributed by atoms with Gasteiger partial charge in [0.2, 0.25) is 0 Å². The lowest BCUT2D eigenvalue weighted by molar-refractivity contribution is -0.131. The smallest absolute Gasteiger partial charge is 0.328 e. The fourth-order valence-electron chi connectivity index (χ4n) is 1.84. The first-order valence-corrected chi connectivity index (χ1v) is 6.43. The summed E-state index contributed by atoms with van der Waals surface area (Å²) >= 11 is 0. The van der Waals surface area contributed by atoms with Crippen LogP contribution in [0.4, 0.5) is 4.39 Å². The molecule has 108 valence electrons. The van der Waals surface area contributed by atoms with Crippen molar-refractivity contribution in [3.63, 3.8) is 0 Å². The van der Waals surface area contributed by atoms with Gasteiger partial charge < -0.3 is 9.84 Å². The van der Waals surface area contributed by atoms with E-state index in [0.717, 1.165) is 23.0 Å². The number of ether oxygens (including phenoxy) is 1. The number of carboxylic acids is 1. The summed E-state index contributed by atoms with van der Waals surface area (Å²) in [5.74, 6) is -0.843. The van der Waals surface area contributed by atoms with Crippen molar-refractivity contribution < 1.29 is 19.0 Å². The summed E-state index contributed by atoms with van der Waals surface area (Å²) in [5, 5.41) is 8.58. The molecule has 2 aromatic carbocycles. The zero-order valence-corrected chi connectivity index (χ0v) is 11.5. The fraction of sp³-hybridized carbons (Fsp3) is 0.118. The lowest BCUT2D eigenvalue weighted by Gasteiger charge is -2.08. The Bertz CT molecular complexity index is 677. The van der Waals surface area contributed by atoms with Gasteiger partial charge >= 0.3 is 5.97 Å². The van der Waals surface area contributed by atoms with Crippen molar-refractivity contribution in [3.8, 4) is 5.75 Å². The zero-order valence-electron chi connectivity index (χ0n) is 11.5. The first-order chi connectivity index (χ1) is 10.0. The number of aryl methyl sites for hydroxylation is 1. The van der Waals surface area contributed by atoms with Crippen molar-refractivity contribution in [2.24, 2.45) is 0 Å². The van der Waals surface area contributed by atoms with Crippen molar-refractivity contribution in [3.05, 3.63) is 71.0 Å². The average molecular weight is 286 g/mol. The summed E-state index contributed by atoms with van der Waals surface area (Å²) in [4.78, 5) is 10.5. The molecule has 0 aliphatic carbocycles. The molecule has 2 rings (SSSR count). The molecule has 0 aromatic heterocycles. The van der Waals surface area contributed by atoms with Crippen LogP contribution in [0.3, 0.4) is 0 Å². The van der Waals surface area contributed by atoms with Crippen LogP contribution in [0.5, 0.6) is 5.75 Å². The van der Waals surface area contributed by atoms with Crippen molar-refractivity contribution in [2.75, 3.05) is 0 Å². The molecule has 1 N–H and O–H groups in total. The molecule has 0 aliphatic rings. The Morgan fingerprint density at radius 3 is 2.81 bits per heavy atom. The molecule has 0 saturated heterocycles. The Balaban J connectivity index is 2.10. The molecule has 0 unspecified atom stereocenters. The number of benzene rings is 2. The van der Waals surface area contributed by atoms with E-state index in [0.29, 0.717) is 0 Å². The van der Waals surface area contributed by atoms with E-state index in [1.807, 2.05) is 31.2 Å². The molecule has 0 atom stereocenters. The highest BCUT2D eigenvalue weighted by Crippen LogP contribution is 2.17. The molecular formula is C17H15FO3. The Hall–Kier alpha value is -2.62. The number of hydrogen-bond donors (Lipinski definition) is 1. The lowest BCUT2D eigenvalue weighted by Crippen LogP contribution is -1.97. The Morgan fingerprint density at radius 2 is 2.10 bits per heavy atom. The van der Waals surface area contributed by atoms with Gasteiger partial charge in [0.25, 0.3) is 0 Å². The summed E-state index contributed by atoms with van der Waals surface area (Å²) in [6.07, 6.45) is 2.14. The molecule has 3 nitrogen and oxygen atoms in total. The van der Waals surface area contributed by atoms with Crippen LogP contribution >= 0.6 is 0 Å². The van der Waals surface area contributed by atoms with Crippen LogP contribution in [0.15, 0.2) is 48.5 Å². The molecule has 0 aliphatic heterocycles. The van der Waals surface area contributed by atoms with Gasteiger partial charge in [-0.1, -0.05) is 18.2 Å². The Labute approximate surface area is 122 Å². The molecule has 4 heteroatoms. The second-order valence-electron chi connectivity index (χ2n) is 4.63. The van der Waals surface area contributed by atoms with E-state index in [-0.39, 0.29) is 12.2 Å². The third-order valence-electron chi connectivity index (χ3n) is 2.86. The van der Waals surface area contributed by atoms with E-state index in [1.165, 1.54) is 12.1 Å². The van der Waals surface area contributed by atoms with Gasteiger partial charge in [-0.05, 0) is 48.4 Å². The largest absolute Gasteiger partial charge is 0.489 e. The van der Waals surface area contributed by atoms with Gasteiger partial charge in [-0.2, -0.15) is 0 Å². The summed E-state index contributed by atoms with van der Waals surface area (Å²) < 4.78 is 19.2. The Kier molecular flexibility index (Phi) is 4.72. The molecule has 0 fully saturated rings. The minimum atomic E-state index is -1.11. The molecule has 0 spiro atoms. The molecular weight excluding hydrogens is 271 g/mol. The number of halogens is 1. The van der Waals surface area contributed by atoms with Crippen molar-refractivity contribution in [1.82, 2.24) is 0 Å². The minimum Gasteiger partial charge on any atom is -0.489 e. The summed E-state index contributed by atoms with van der Waals surface area (Å²) in [6, 6.07) is 12.1. The second kappa shape index (κ2) is 6.70. The van der Waals surface area contributed by atoms with E-state index < -0.39 is 11.8 Å². The molecule has 2 aromatic rings. The van der Waals surface area contributed by atoms with Gasteiger partial charge in [-0.25, -0.2) is 9.18 Å². The van der Waals surface area contributed by atoms with E-state index >= 15 is 0 Å². The molecule has 0 saturated carbocycles. The summed E-state index contributed by atoms with van der Waals surface area (Å²) in [6.45, 7) is 2.26. The van der Waals surface area contributed by atoms with E-state index in [2.05, 4.69) is 0 Å². The van der Waals surface area contributed by atoms with Crippen LogP contribution in [0.1, 0.15) is 16.7 Å². The standard InChI is InChI=1S/C17H15FO3/c1-12-3-2-4-15(9-12)21-11-13-5-7-16(18)14(10-13)6-8-17(19)20/h2-10H,11H2,1H3,(H,19,20). The number of hydrogen-bond acceptors (Lipinski definition) is 2. The normalized spacial score (nSPS) is 10.8. The highest BCUT2D eigenvalue weighted by molar-refractivity contribution is 5.85. The molecule has 0 heterocycles. The quantitative estimate of drug-likeness (QED) is 0.850. The highest BCUT2D eigenvalue weighted by atomic mass is 19.1. The second-order valence-corrected chi connectivity index (χ2v) is 4.63. The van der Waals surface area contributed by atoms with Crippen LogP contribution in [-0.2, 0) is 11.4 Å². The molecule has 0 radical (unpaired) electrons. The average Bonchev–Trinajstić information content (AvgIpc) is 2.45. The maximum absolute atomic E-state index is 13.6. The van der Waals surface area contributed by atoms with Gasteiger partial charge in [-0.15, -0.1) is 0 Å². The zero-order chi connectivity index (χ0) is 15.2. The molecule has 0 bridgehead atoms. The fourth-order valence-corrected chi connectivity index (χ4v) is 1.84. The van der Waals surface area contributed by atoms with E-state index in [4.69, 9.17) is 9.84 Å². The lowest BCUT2D eigenvalue weighted by atomic mass is 10.1. The Morgan fingerprint density at radius 1 is 1.29 bits per heavy atom. The van der Waals surface area contributed by atoms with Crippen molar-refractivity contribution in [2.45, 2.75) is 13.5 Å². The number of carbonyl (C=O) groups is 1. The number of aliphatic carboxylic acids is 1. The van der Waals surface area contributed by atoms with Crippen LogP contribution < -0.4 is 4.74 Å². The predicted octanol–water partition coefficient (Wildman–Crippen LogP) is 3.81. The first kappa shape index (κ1) is 14.8. The van der Waals surface area contributed by atoms with Crippen LogP contribution in [-0.4, -0.2) is 11.1 Å². The van der Waals surface area contributed by atoms with Gasteiger partial charge in [-0.3, -0.25) is 0 Å². The minimum absolute atomic E-state index is 0.225. The van der Waals surface area contributed by atoms with Crippen LogP contribution in [0, 0.1) is 12.7 Å². The van der Waals surface area contributed by atoms with Gasteiger partial charge in [0.05, 0.1) is 0 Å². The third-order valence-corrected chi connectivity index (χ3v) is 2.86. The van der Waals surface area contributed by atoms with Gasteiger partial charge in [0, 0.05) is 11.6 Å². The number of carboxylic acid groups (broad SMARTS) is 1. The van der Waals surface area contributed by atoms with Crippen LogP contribution in [0.2, 0.25) is 0 Å². The van der Waals surface area contributed by atoms with Crippen LogP contribution in [0.25, 0.3) is 6.08 Å². The predicted molar refractivity (Wildman–Crippen MR) is 78.6 cm³/mol. The monoisotopic (exact) mass is 286 g/mol.